The Morgan fingerprint density at radius 3 is 2.29 bits per heavy atom. The summed E-state index contributed by atoms with van der Waals surface area (Å²) in [5.41, 5.74) is 6.03. The van der Waals surface area contributed by atoms with Crippen LogP contribution in [0.1, 0.15) is 11.1 Å². The summed E-state index contributed by atoms with van der Waals surface area (Å²) >= 11 is 0. The molecule has 3 nitrogen and oxygen atoms in total. The van der Waals surface area contributed by atoms with Crippen molar-refractivity contribution in [1.29, 1.82) is 0 Å². The van der Waals surface area contributed by atoms with Crippen LogP contribution in [0.3, 0.4) is 0 Å². The van der Waals surface area contributed by atoms with Crippen molar-refractivity contribution in [1.82, 2.24) is 0 Å². The Morgan fingerprint density at radius 1 is 1.29 bits per heavy atom. The molecule has 0 spiro atoms. The molecule has 0 saturated carbocycles. The number of halogens is 3. The van der Waals surface area contributed by atoms with Gasteiger partial charge in [-0.1, -0.05) is 17.3 Å². The first-order chi connectivity index (χ1) is 7.97. The number of nitrogens with two attached hydrogens (primary N) is 1. The molecule has 1 aromatic carbocycles. The molecule has 0 radical (unpaired) electrons. The fraction of sp³-hybridized carbons (Fsp3) is 0.364. The molecule has 2 N–H and O–H groups in total. The van der Waals surface area contributed by atoms with E-state index in [0.717, 1.165) is 12.1 Å². The first-order valence-electron chi connectivity index (χ1n) is 4.92. The SMILES string of the molecule is CON=C(CN)Cc1ccc(C(F)(F)F)cc1. The zero-order valence-electron chi connectivity index (χ0n) is 9.29. The second kappa shape index (κ2) is 5.67. The summed E-state index contributed by atoms with van der Waals surface area (Å²) in [7, 11) is 1.39. The minimum Gasteiger partial charge on any atom is -0.399 e. The van der Waals surface area contributed by atoms with Gasteiger partial charge in [0.1, 0.15) is 7.11 Å². The summed E-state index contributed by atoms with van der Waals surface area (Å²) in [6.45, 7) is 0.203. The Hall–Kier alpha value is -1.56. The predicted octanol–water partition coefficient (Wildman–Crippen LogP) is 2.21. The number of benzene rings is 1. The van der Waals surface area contributed by atoms with Gasteiger partial charge in [-0.3, -0.25) is 0 Å². The van der Waals surface area contributed by atoms with E-state index < -0.39 is 11.7 Å². The second-order valence-corrected chi connectivity index (χ2v) is 3.42. The highest BCUT2D eigenvalue weighted by atomic mass is 19.4. The zero-order chi connectivity index (χ0) is 12.9. The molecule has 0 bridgehead atoms. The van der Waals surface area contributed by atoms with E-state index in [-0.39, 0.29) is 6.54 Å². The van der Waals surface area contributed by atoms with Crippen LogP contribution in [-0.4, -0.2) is 19.4 Å². The maximum absolute atomic E-state index is 12.3. The number of hydrogen-bond acceptors (Lipinski definition) is 3. The van der Waals surface area contributed by atoms with Gasteiger partial charge in [-0.2, -0.15) is 13.2 Å². The highest BCUT2D eigenvalue weighted by Gasteiger charge is 2.29. The third kappa shape index (κ3) is 4.07. The van der Waals surface area contributed by atoms with Crippen LogP contribution in [0, 0.1) is 0 Å². The minimum absolute atomic E-state index is 0.203. The summed E-state index contributed by atoms with van der Waals surface area (Å²) < 4.78 is 36.9. The van der Waals surface area contributed by atoms with Crippen molar-refractivity contribution in [2.24, 2.45) is 10.9 Å². The van der Waals surface area contributed by atoms with E-state index in [0.29, 0.717) is 17.7 Å². The smallest absolute Gasteiger partial charge is 0.399 e. The van der Waals surface area contributed by atoms with Crippen molar-refractivity contribution in [2.45, 2.75) is 12.6 Å². The van der Waals surface area contributed by atoms with Gasteiger partial charge in [-0.05, 0) is 17.7 Å². The third-order valence-corrected chi connectivity index (χ3v) is 2.15. The topological polar surface area (TPSA) is 47.6 Å². The molecule has 94 valence electrons. The largest absolute Gasteiger partial charge is 0.416 e. The summed E-state index contributed by atoms with van der Waals surface area (Å²) in [5.74, 6) is 0. The van der Waals surface area contributed by atoms with Gasteiger partial charge in [-0.15, -0.1) is 0 Å². The van der Waals surface area contributed by atoms with Crippen LogP contribution >= 0.6 is 0 Å². The van der Waals surface area contributed by atoms with E-state index in [1.165, 1.54) is 19.2 Å². The molecule has 0 unspecified atom stereocenters. The van der Waals surface area contributed by atoms with Gasteiger partial charge in [0.25, 0.3) is 0 Å². The van der Waals surface area contributed by atoms with Crippen LogP contribution in [0.15, 0.2) is 29.4 Å². The van der Waals surface area contributed by atoms with Crippen LogP contribution in [0.2, 0.25) is 0 Å². The molecular weight excluding hydrogens is 233 g/mol. The molecule has 1 rings (SSSR count). The van der Waals surface area contributed by atoms with Gasteiger partial charge in [-0.25, -0.2) is 0 Å². The van der Waals surface area contributed by atoms with Gasteiger partial charge < -0.3 is 10.6 Å². The fourth-order valence-corrected chi connectivity index (χ4v) is 1.32. The summed E-state index contributed by atoms with van der Waals surface area (Å²) in [6.07, 6.45) is -3.93. The average molecular weight is 246 g/mol. The van der Waals surface area contributed by atoms with Crippen molar-refractivity contribution in [2.75, 3.05) is 13.7 Å². The van der Waals surface area contributed by atoms with Crippen LogP contribution in [0.5, 0.6) is 0 Å². The Labute approximate surface area is 97.1 Å². The quantitative estimate of drug-likeness (QED) is 0.654. The summed E-state index contributed by atoms with van der Waals surface area (Å²) in [6, 6.07) is 4.89. The molecule has 0 atom stereocenters. The molecule has 0 aliphatic carbocycles. The molecule has 17 heavy (non-hydrogen) atoms. The third-order valence-electron chi connectivity index (χ3n) is 2.15. The monoisotopic (exact) mass is 246 g/mol. The number of nitrogens with zero attached hydrogens (tertiary/aromatic N) is 1. The highest BCUT2D eigenvalue weighted by Crippen LogP contribution is 2.29. The van der Waals surface area contributed by atoms with E-state index in [4.69, 9.17) is 5.73 Å². The van der Waals surface area contributed by atoms with Crippen LogP contribution in [-0.2, 0) is 17.4 Å². The molecule has 0 aromatic heterocycles. The van der Waals surface area contributed by atoms with E-state index in [1.807, 2.05) is 0 Å². The maximum Gasteiger partial charge on any atom is 0.416 e. The molecule has 0 aliphatic rings. The molecule has 0 heterocycles. The number of alkyl halides is 3. The minimum atomic E-state index is -4.31. The maximum atomic E-state index is 12.3. The lowest BCUT2D eigenvalue weighted by Gasteiger charge is -2.08. The average Bonchev–Trinajstić information content (AvgIpc) is 2.28. The van der Waals surface area contributed by atoms with Crippen molar-refractivity contribution in [3.63, 3.8) is 0 Å². The van der Waals surface area contributed by atoms with Crippen molar-refractivity contribution in [3.05, 3.63) is 35.4 Å². The molecule has 0 aliphatic heterocycles. The van der Waals surface area contributed by atoms with Gasteiger partial charge in [0, 0.05) is 13.0 Å². The molecule has 0 fully saturated rings. The Balaban J connectivity index is 2.78. The number of hydrogen-bond donors (Lipinski definition) is 1. The Morgan fingerprint density at radius 2 is 1.88 bits per heavy atom. The highest BCUT2D eigenvalue weighted by molar-refractivity contribution is 5.87. The molecular formula is C11H13F3N2O. The standard InChI is InChI=1S/C11H13F3N2O/c1-17-16-10(7-15)6-8-2-4-9(5-3-8)11(12,13)14/h2-5H,6-7,15H2,1H3. The number of oxime groups is 1. The predicted molar refractivity (Wildman–Crippen MR) is 58.6 cm³/mol. The van der Waals surface area contributed by atoms with Crippen LogP contribution in [0.4, 0.5) is 13.2 Å². The Bertz CT molecular complexity index is 385. The van der Waals surface area contributed by atoms with E-state index in [9.17, 15) is 13.2 Å². The molecule has 6 heteroatoms. The second-order valence-electron chi connectivity index (χ2n) is 3.42. The first-order valence-corrected chi connectivity index (χ1v) is 4.92. The summed E-state index contributed by atoms with van der Waals surface area (Å²) in [5, 5.41) is 3.68. The lowest BCUT2D eigenvalue weighted by atomic mass is 10.1. The van der Waals surface area contributed by atoms with Crippen molar-refractivity contribution < 1.29 is 18.0 Å². The molecule has 1 aromatic rings. The van der Waals surface area contributed by atoms with E-state index in [1.54, 1.807) is 0 Å². The van der Waals surface area contributed by atoms with Gasteiger partial charge in [0.15, 0.2) is 0 Å². The first kappa shape index (κ1) is 13.5. The fourth-order valence-electron chi connectivity index (χ4n) is 1.32. The molecule has 0 saturated heterocycles. The van der Waals surface area contributed by atoms with Crippen molar-refractivity contribution >= 4 is 5.71 Å². The normalized spacial score (nSPS) is 12.6. The lowest BCUT2D eigenvalue weighted by Crippen LogP contribution is -2.17. The van der Waals surface area contributed by atoms with E-state index in [2.05, 4.69) is 9.99 Å². The van der Waals surface area contributed by atoms with Crippen LogP contribution < -0.4 is 5.73 Å². The number of rotatable bonds is 4. The van der Waals surface area contributed by atoms with Gasteiger partial charge in [0.2, 0.25) is 0 Å². The molecule has 0 amide bonds. The van der Waals surface area contributed by atoms with Crippen LogP contribution in [0.25, 0.3) is 0 Å². The lowest BCUT2D eigenvalue weighted by molar-refractivity contribution is -0.137. The van der Waals surface area contributed by atoms with E-state index >= 15 is 0 Å². The van der Waals surface area contributed by atoms with Crippen molar-refractivity contribution in [3.8, 4) is 0 Å². The van der Waals surface area contributed by atoms with Gasteiger partial charge >= 0.3 is 6.18 Å². The van der Waals surface area contributed by atoms with Gasteiger partial charge in [0.05, 0.1) is 11.3 Å². The zero-order valence-corrected chi connectivity index (χ0v) is 9.29. The Kier molecular flexibility index (Phi) is 4.51. The summed E-state index contributed by atoms with van der Waals surface area (Å²) in [4.78, 5) is 4.57.